The average Bonchev–Trinajstić information content (AvgIpc) is 3.58. The molecule has 2 aliphatic heterocycles. The van der Waals surface area contributed by atoms with Crippen LogP contribution in [-0.2, 0) is 15.9 Å². The molecular weight excluding hydrogens is 542 g/mol. The zero-order chi connectivity index (χ0) is 27.5. The number of anilines is 2. The summed E-state index contributed by atoms with van der Waals surface area (Å²) in [7, 11) is 1.27. The number of carbonyl (C=O) groups is 3. The number of nitrogens with two attached hydrogens (primary N) is 1. The number of imidazole rings is 1. The van der Waals surface area contributed by atoms with Gasteiger partial charge in [0.15, 0.2) is 5.78 Å². The van der Waals surface area contributed by atoms with Crippen molar-refractivity contribution in [2.45, 2.75) is 38.2 Å². The van der Waals surface area contributed by atoms with Crippen LogP contribution in [-0.4, -0.2) is 77.6 Å². The predicted molar refractivity (Wildman–Crippen MR) is 149 cm³/mol. The van der Waals surface area contributed by atoms with Gasteiger partial charge in [0, 0.05) is 37.1 Å². The molecule has 0 radical (unpaired) electrons. The van der Waals surface area contributed by atoms with Crippen LogP contribution in [0.3, 0.4) is 0 Å². The fraction of sp³-hybridized carbons (Fsp3) is 0.407. The van der Waals surface area contributed by atoms with Gasteiger partial charge in [-0.2, -0.15) is 0 Å². The molecule has 6 N–H and O–H groups in total. The van der Waals surface area contributed by atoms with Gasteiger partial charge in [0.05, 0.1) is 35.5 Å². The lowest BCUT2D eigenvalue weighted by atomic mass is 10.0. The number of rotatable bonds is 8. The molecule has 0 aliphatic carbocycles. The number of halogens is 1. The zero-order valence-corrected chi connectivity index (χ0v) is 22.8. The van der Waals surface area contributed by atoms with Crippen molar-refractivity contribution in [3.8, 4) is 5.75 Å². The van der Waals surface area contributed by atoms with Gasteiger partial charge in [0.1, 0.15) is 17.4 Å². The van der Waals surface area contributed by atoms with Crippen molar-refractivity contribution in [2.75, 3.05) is 44.4 Å². The maximum Gasteiger partial charge on any atom is 0.413 e. The Bertz CT molecular complexity index is 1420. The zero-order valence-electron chi connectivity index (χ0n) is 22.0. The Morgan fingerprint density at radius 2 is 2.02 bits per heavy atom. The van der Waals surface area contributed by atoms with E-state index in [9.17, 15) is 14.4 Å². The molecule has 3 heterocycles. The molecule has 0 spiro atoms. The number of H-pyrrole nitrogens is 1. The number of aromatic amines is 1. The van der Waals surface area contributed by atoms with E-state index in [4.69, 9.17) is 26.8 Å². The van der Waals surface area contributed by atoms with Gasteiger partial charge in [-0.1, -0.05) is 11.6 Å². The normalized spacial score (nSPS) is 15.2. The third-order valence-corrected chi connectivity index (χ3v) is 7.40. The fourth-order valence-corrected chi connectivity index (χ4v) is 5.21. The summed E-state index contributed by atoms with van der Waals surface area (Å²) in [5.74, 6) is 0.329. The monoisotopic (exact) mass is 573 g/mol. The topological polar surface area (TPSA) is 180 Å². The standard InChI is InChI=1S/C27H30ClN5O6.H2O/c1-37-27(36)32-26-30-20-5-4-15(13-21(20)31-26)22(34)3-2-9-33-10-6-16(7-11-33)39-25(35)18-14-19(28)23(29)17-8-12-38-24(17)18;/h4-5,13-14,16H,2-3,6-12,29H2,1H3,(H2,30,31,32,36);1H2. The van der Waals surface area contributed by atoms with Gasteiger partial charge < -0.3 is 35.3 Å². The van der Waals surface area contributed by atoms with Crippen molar-refractivity contribution in [1.82, 2.24) is 14.9 Å². The number of fused-ring (bicyclic) bond motifs is 2. The Kier molecular flexibility index (Phi) is 9.13. The van der Waals surface area contributed by atoms with E-state index >= 15 is 0 Å². The highest BCUT2D eigenvalue weighted by Gasteiger charge is 2.29. The van der Waals surface area contributed by atoms with E-state index in [1.165, 1.54) is 13.2 Å². The summed E-state index contributed by atoms with van der Waals surface area (Å²) in [6, 6.07) is 6.74. The fourth-order valence-electron chi connectivity index (χ4n) is 4.98. The van der Waals surface area contributed by atoms with Crippen molar-refractivity contribution in [3.05, 3.63) is 46.0 Å². The number of amides is 1. The number of carbonyl (C=O) groups excluding carboxylic acids is 3. The smallest absolute Gasteiger partial charge is 0.413 e. The molecule has 1 saturated heterocycles. The van der Waals surface area contributed by atoms with Gasteiger partial charge >= 0.3 is 12.1 Å². The molecule has 40 heavy (non-hydrogen) atoms. The van der Waals surface area contributed by atoms with Crippen LogP contribution in [0.2, 0.25) is 5.02 Å². The van der Waals surface area contributed by atoms with Gasteiger partial charge in [-0.3, -0.25) is 10.1 Å². The van der Waals surface area contributed by atoms with Crippen LogP contribution in [0.4, 0.5) is 16.4 Å². The number of ketones is 1. The first-order chi connectivity index (χ1) is 18.8. The van der Waals surface area contributed by atoms with E-state index in [0.717, 1.165) is 25.2 Å². The lowest BCUT2D eigenvalue weighted by Gasteiger charge is -2.31. The van der Waals surface area contributed by atoms with Crippen LogP contribution in [0.1, 0.15) is 52.0 Å². The Labute approximate surface area is 235 Å². The highest BCUT2D eigenvalue weighted by molar-refractivity contribution is 6.33. The first-order valence-corrected chi connectivity index (χ1v) is 13.2. The number of nitrogen functional groups attached to an aromatic ring is 1. The summed E-state index contributed by atoms with van der Waals surface area (Å²) in [4.78, 5) is 46.5. The number of aromatic nitrogens is 2. The van der Waals surface area contributed by atoms with Crippen LogP contribution < -0.4 is 15.8 Å². The molecule has 1 amide bonds. The molecule has 12 nitrogen and oxygen atoms in total. The first-order valence-electron chi connectivity index (χ1n) is 12.9. The van der Waals surface area contributed by atoms with Crippen LogP contribution in [0, 0.1) is 0 Å². The summed E-state index contributed by atoms with van der Waals surface area (Å²) < 4.78 is 16.0. The number of hydrogen-bond donors (Lipinski definition) is 3. The number of methoxy groups -OCH3 is 1. The van der Waals surface area contributed by atoms with E-state index in [-0.39, 0.29) is 23.3 Å². The predicted octanol–water partition coefficient (Wildman–Crippen LogP) is 3.37. The molecule has 2 aromatic carbocycles. The molecule has 3 aromatic rings. The summed E-state index contributed by atoms with van der Waals surface area (Å²) in [5, 5.41) is 2.81. The van der Waals surface area contributed by atoms with E-state index in [1.54, 1.807) is 18.2 Å². The lowest BCUT2D eigenvalue weighted by Crippen LogP contribution is -2.38. The first kappa shape index (κ1) is 29.1. The summed E-state index contributed by atoms with van der Waals surface area (Å²) in [6.07, 6.45) is 2.35. The molecule has 0 saturated carbocycles. The van der Waals surface area contributed by atoms with Crippen LogP contribution in [0.15, 0.2) is 24.3 Å². The second-order valence-corrected chi connectivity index (χ2v) is 10.0. The molecule has 2 aliphatic rings. The van der Waals surface area contributed by atoms with Gasteiger partial charge in [-0.15, -0.1) is 0 Å². The summed E-state index contributed by atoms with van der Waals surface area (Å²) >= 11 is 6.22. The van der Waals surface area contributed by atoms with Crippen LogP contribution >= 0.6 is 11.6 Å². The SMILES string of the molecule is COC(=O)Nc1nc2ccc(C(=O)CCCN3CCC(OC(=O)c4cc(Cl)c(N)c5c4OCC5)CC3)cc2[nH]1.O. The molecule has 1 aromatic heterocycles. The summed E-state index contributed by atoms with van der Waals surface area (Å²) in [6.45, 7) is 2.80. The number of nitrogens with zero attached hydrogens (tertiary/aromatic N) is 2. The van der Waals surface area contributed by atoms with Gasteiger partial charge in [-0.05, 0) is 50.1 Å². The highest BCUT2D eigenvalue weighted by Crippen LogP contribution is 2.39. The Morgan fingerprint density at radius 3 is 2.77 bits per heavy atom. The molecule has 1 fully saturated rings. The second-order valence-electron chi connectivity index (χ2n) is 9.63. The quantitative estimate of drug-likeness (QED) is 0.207. The maximum atomic E-state index is 12.9. The largest absolute Gasteiger partial charge is 0.492 e. The van der Waals surface area contributed by atoms with Gasteiger partial charge in [0.25, 0.3) is 0 Å². The molecule has 214 valence electrons. The van der Waals surface area contributed by atoms with E-state index in [0.29, 0.717) is 77.3 Å². The summed E-state index contributed by atoms with van der Waals surface area (Å²) in [5.41, 5.74) is 9.45. The number of piperidine rings is 1. The van der Waals surface area contributed by atoms with Crippen LogP contribution in [0.25, 0.3) is 11.0 Å². The number of ether oxygens (including phenoxy) is 3. The molecule has 0 unspecified atom stereocenters. The highest BCUT2D eigenvalue weighted by atomic mass is 35.5. The third kappa shape index (κ3) is 6.30. The Hall–Kier alpha value is -3.87. The maximum absolute atomic E-state index is 12.9. The number of likely N-dealkylation sites (tertiary alicyclic amines) is 1. The Balaban J connectivity index is 0.00000370. The lowest BCUT2D eigenvalue weighted by molar-refractivity contribution is 0.0109. The van der Waals surface area contributed by atoms with Gasteiger partial charge in [0.2, 0.25) is 5.95 Å². The number of Topliss-reactive ketones (excluding diaryl/α,β-unsaturated/α-hetero) is 1. The van der Waals surface area contributed by atoms with Crippen molar-refractivity contribution in [3.63, 3.8) is 0 Å². The Morgan fingerprint density at radius 1 is 1.25 bits per heavy atom. The number of benzene rings is 2. The molecule has 0 bridgehead atoms. The van der Waals surface area contributed by atoms with Crippen molar-refractivity contribution >= 4 is 52.1 Å². The molecule has 5 rings (SSSR count). The van der Waals surface area contributed by atoms with Crippen molar-refractivity contribution in [2.24, 2.45) is 0 Å². The van der Waals surface area contributed by atoms with Crippen molar-refractivity contribution < 1.29 is 34.1 Å². The van der Waals surface area contributed by atoms with Gasteiger partial charge in [-0.25, -0.2) is 14.6 Å². The van der Waals surface area contributed by atoms with E-state index in [1.807, 2.05) is 0 Å². The molecular formula is C27H32ClN5O7. The average molecular weight is 574 g/mol. The van der Waals surface area contributed by atoms with E-state index in [2.05, 4.69) is 24.9 Å². The number of esters is 1. The number of nitrogens with one attached hydrogen (secondary N) is 2. The number of hydrogen-bond acceptors (Lipinski definition) is 9. The molecule has 0 atom stereocenters. The van der Waals surface area contributed by atoms with Crippen LogP contribution in [0.5, 0.6) is 5.75 Å². The minimum Gasteiger partial charge on any atom is -0.492 e. The molecule has 13 heteroatoms. The minimum absolute atomic E-state index is 0. The second kappa shape index (κ2) is 12.5. The minimum atomic E-state index is -0.628. The van der Waals surface area contributed by atoms with Crippen molar-refractivity contribution in [1.29, 1.82) is 0 Å². The van der Waals surface area contributed by atoms with E-state index < -0.39 is 12.1 Å². The third-order valence-electron chi connectivity index (χ3n) is 7.09.